The fourth-order valence-electron chi connectivity index (χ4n) is 1.45. The fourth-order valence-corrected chi connectivity index (χ4v) is 2.98. The van der Waals surface area contributed by atoms with E-state index in [0.29, 0.717) is 0 Å². The molecule has 0 unspecified atom stereocenters. The summed E-state index contributed by atoms with van der Waals surface area (Å²) >= 11 is 0. The zero-order chi connectivity index (χ0) is 13.9. The van der Waals surface area contributed by atoms with Gasteiger partial charge in [-0.2, -0.15) is 4.31 Å². The number of anilines is 1. The van der Waals surface area contributed by atoms with Gasteiger partial charge in [-0.15, -0.1) is 6.58 Å². The highest BCUT2D eigenvalue weighted by molar-refractivity contribution is 7.89. The van der Waals surface area contributed by atoms with Gasteiger partial charge in [0.2, 0.25) is 10.0 Å². The number of nitrogen functional groups attached to an aromatic ring is 1. The van der Waals surface area contributed by atoms with E-state index in [1.54, 1.807) is 6.92 Å². The molecule has 18 heavy (non-hydrogen) atoms. The van der Waals surface area contributed by atoms with Gasteiger partial charge < -0.3 is 5.73 Å². The lowest BCUT2D eigenvalue weighted by atomic mass is 10.3. The number of sulfonamides is 1. The number of likely N-dealkylation sites (N-methyl/N-ethyl adjacent to an activating group) is 1. The number of hydrogen-bond donors (Lipinski definition) is 1. The van der Waals surface area contributed by atoms with Crippen LogP contribution in [0.2, 0.25) is 0 Å². The zero-order valence-corrected chi connectivity index (χ0v) is 10.7. The summed E-state index contributed by atoms with van der Waals surface area (Å²) in [4.78, 5) is -0.760. The van der Waals surface area contributed by atoms with E-state index in [2.05, 4.69) is 6.58 Å². The van der Waals surface area contributed by atoms with Gasteiger partial charge in [0.25, 0.3) is 0 Å². The van der Waals surface area contributed by atoms with Crippen LogP contribution in [0.4, 0.5) is 14.5 Å². The summed E-state index contributed by atoms with van der Waals surface area (Å²) in [6.45, 7) is 5.12. The van der Waals surface area contributed by atoms with E-state index < -0.39 is 26.6 Å². The molecule has 0 bridgehead atoms. The lowest BCUT2D eigenvalue weighted by Crippen LogP contribution is -2.31. The molecule has 4 nitrogen and oxygen atoms in total. The second kappa shape index (κ2) is 5.45. The molecule has 0 aromatic heterocycles. The molecule has 0 spiro atoms. The maximum Gasteiger partial charge on any atom is 0.246 e. The molecular formula is C11H14F2N2O2S. The second-order valence-corrected chi connectivity index (χ2v) is 5.47. The molecule has 0 amide bonds. The van der Waals surface area contributed by atoms with Crippen molar-refractivity contribution >= 4 is 15.7 Å². The van der Waals surface area contributed by atoms with Crippen molar-refractivity contribution in [2.24, 2.45) is 0 Å². The molecule has 0 fully saturated rings. The van der Waals surface area contributed by atoms with Gasteiger partial charge in [0.05, 0.1) is 0 Å². The van der Waals surface area contributed by atoms with Gasteiger partial charge in [-0.3, -0.25) is 0 Å². The van der Waals surface area contributed by atoms with E-state index in [1.165, 1.54) is 6.08 Å². The van der Waals surface area contributed by atoms with Crippen molar-refractivity contribution in [2.75, 3.05) is 18.8 Å². The van der Waals surface area contributed by atoms with Crippen molar-refractivity contribution in [3.63, 3.8) is 0 Å². The number of halogens is 2. The highest BCUT2D eigenvalue weighted by Crippen LogP contribution is 2.24. The Labute approximate surface area is 105 Å². The Kier molecular flexibility index (Phi) is 4.42. The van der Waals surface area contributed by atoms with E-state index in [-0.39, 0.29) is 18.8 Å². The SMILES string of the molecule is C=CCN(CC)S(=O)(=O)c1cc(N)cc(F)c1F. The van der Waals surface area contributed by atoms with Crippen LogP contribution < -0.4 is 5.73 Å². The van der Waals surface area contributed by atoms with Crippen LogP contribution in [0, 0.1) is 11.6 Å². The number of nitrogens with two attached hydrogens (primary N) is 1. The first-order chi connectivity index (χ1) is 8.34. The summed E-state index contributed by atoms with van der Waals surface area (Å²) in [5.74, 6) is -2.71. The first-order valence-electron chi connectivity index (χ1n) is 5.20. The first kappa shape index (κ1) is 14.6. The largest absolute Gasteiger partial charge is 0.399 e. The normalized spacial score (nSPS) is 11.8. The Hall–Kier alpha value is -1.47. The fraction of sp³-hybridized carbons (Fsp3) is 0.273. The van der Waals surface area contributed by atoms with Gasteiger partial charge >= 0.3 is 0 Å². The molecule has 1 rings (SSSR count). The van der Waals surface area contributed by atoms with Crippen LogP contribution in [0.3, 0.4) is 0 Å². The molecule has 1 aromatic carbocycles. The predicted molar refractivity (Wildman–Crippen MR) is 65.4 cm³/mol. The maximum atomic E-state index is 13.6. The van der Waals surface area contributed by atoms with Crippen molar-refractivity contribution < 1.29 is 17.2 Å². The van der Waals surface area contributed by atoms with E-state index in [1.807, 2.05) is 0 Å². The molecule has 7 heteroatoms. The average Bonchev–Trinajstić information content (AvgIpc) is 2.30. The number of nitrogens with zero attached hydrogens (tertiary/aromatic N) is 1. The molecule has 100 valence electrons. The van der Waals surface area contributed by atoms with E-state index >= 15 is 0 Å². The zero-order valence-electron chi connectivity index (χ0n) is 9.86. The van der Waals surface area contributed by atoms with Crippen LogP contribution in [0.5, 0.6) is 0 Å². The van der Waals surface area contributed by atoms with Crippen molar-refractivity contribution in [1.82, 2.24) is 4.31 Å². The first-order valence-corrected chi connectivity index (χ1v) is 6.64. The van der Waals surface area contributed by atoms with Crippen molar-refractivity contribution in [2.45, 2.75) is 11.8 Å². The third-order valence-corrected chi connectivity index (χ3v) is 4.26. The van der Waals surface area contributed by atoms with Gasteiger partial charge in [0, 0.05) is 18.8 Å². The monoisotopic (exact) mass is 276 g/mol. The van der Waals surface area contributed by atoms with Crippen LogP contribution in [-0.2, 0) is 10.0 Å². The molecule has 0 saturated heterocycles. The van der Waals surface area contributed by atoms with Gasteiger partial charge in [0.1, 0.15) is 4.90 Å². The molecule has 0 aliphatic carbocycles. The predicted octanol–water partition coefficient (Wildman–Crippen LogP) is 1.74. The minimum atomic E-state index is -4.12. The van der Waals surface area contributed by atoms with Gasteiger partial charge in [0.15, 0.2) is 11.6 Å². The van der Waals surface area contributed by atoms with Crippen LogP contribution >= 0.6 is 0 Å². The molecule has 0 aliphatic heterocycles. The molecule has 0 radical (unpaired) electrons. The van der Waals surface area contributed by atoms with Gasteiger partial charge in [-0.05, 0) is 12.1 Å². The standard InChI is InChI=1S/C11H14F2N2O2S/c1-3-5-15(4-2)18(16,17)10-7-8(14)6-9(12)11(10)13/h3,6-7H,1,4-5,14H2,2H3. The third kappa shape index (κ3) is 2.68. The van der Waals surface area contributed by atoms with Crippen LogP contribution in [0.25, 0.3) is 0 Å². The van der Waals surface area contributed by atoms with Crippen molar-refractivity contribution in [3.05, 3.63) is 36.4 Å². The highest BCUT2D eigenvalue weighted by Gasteiger charge is 2.27. The Morgan fingerprint density at radius 1 is 1.44 bits per heavy atom. The molecule has 0 heterocycles. The quantitative estimate of drug-likeness (QED) is 0.658. The summed E-state index contributed by atoms with van der Waals surface area (Å²) in [7, 11) is -4.12. The summed E-state index contributed by atoms with van der Waals surface area (Å²) < 4.78 is 51.9. The summed E-state index contributed by atoms with van der Waals surface area (Å²) in [6, 6.07) is 1.64. The number of hydrogen-bond acceptors (Lipinski definition) is 3. The summed E-state index contributed by atoms with van der Waals surface area (Å²) in [6.07, 6.45) is 1.36. The Morgan fingerprint density at radius 2 is 2.06 bits per heavy atom. The molecular weight excluding hydrogens is 262 g/mol. The van der Waals surface area contributed by atoms with Crippen molar-refractivity contribution in [3.8, 4) is 0 Å². The minimum Gasteiger partial charge on any atom is -0.399 e. The third-order valence-electron chi connectivity index (χ3n) is 2.32. The van der Waals surface area contributed by atoms with Crippen LogP contribution in [0.1, 0.15) is 6.92 Å². The topological polar surface area (TPSA) is 63.4 Å². The van der Waals surface area contributed by atoms with Gasteiger partial charge in [-0.1, -0.05) is 13.0 Å². The summed E-state index contributed by atoms with van der Waals surface area (Å²) in [5, 5.41) is 0. The van der Waals surface area contributed by atoms with Gasteiger partial charge in [-0.25, -0.2) is 17.2 Å². The minimum absolute atomic E-state index is 0.00862. The molecule has 0 aliphatic rings. The highest BCUT2D eigenvalue weighted by atomic mass is 32.2. The Morgan fingerprint density at radius 3 is 2.56 bits per heavy atom. The van der Waals surface area contributed by atoms with Crippen LogP contribution in [0.15, 0.2) is 29.7 Å². The smallest absolute Gasteiger partial charge is 0.246 e. The lowest BCUT2D eigenvalue weighted by Gasteiger charge is -2.19. The Balaban J connectivity index is 3.40. The molecule has 1 aromatic rings. The average molecular weight is 276 g/mol. The molecule has 0 saturated carbocycles. The lowest BCUT2D eigenvalue weighted by molar-refractivity contribution is 0.443. The van der Waals surface area contributed by atoms with Crippen molar-refractivity contribution in [1.29, 1.82) is 0 Å². The molecule has 2 N–H and O–H groups in total. The Bertz CT molecular complexity index is 558. The summed E-state index contributed by atoms with van der Waals surface area (Å²) in [5.41, 5.74) is 5.18. The van der Waals surface area contributed by atoms with E-state index in [4.69, 9.17) is 5.73 Å². The number of rotatable bonds is 5. The second-order valence-electron chi connectivity index (χ2n) is 3.56. The van der Waals surface area contributed by atoms with E-state index in [0.717, 1.165) is 16.4 Å². The van der Waals surface area contributed by atoms with Crippen LogP contribution in [-0.4, -0.2) is 25.8 Å². The van der Waals surface area contributed by atoms with E-state index in [9.17, 15) is 17.2 Å². The number of benzene rings is 1. The maximum absolute atomic E-state index is 13.6. The molecule has 0 atom stereocenters.